The van der Waals surface area contributed by atoms with Crippen LogP contribution in [0.4, 0.5) is 11.5 Å². The fraction of sp³-hybridized carbons (Fsp3) is 0.526. The van der Waals surface area contributed by atoms with Crippen molar-refractivity contribution in [3.63, 3.8) is 0 Å². The van der Waals surface area contributed by atoms with E-state index in [9.17, 15) is 0 Å². The summed E-state index contributed by atoms with van der Waals surface area (Å²) in [6.07, 6.45) is 9.94. The highest BCUT2D eigenvalue weighted by Crippen LogP contribution is 2.35. The van der Waals surface area contributed by atoms with Gasteiger partial charge in [0, 0.05) is 29.9 Å². The third kappa shape index (κ3) is 2.43. The molecule has 0 spiro atoms. The van der Waals surface area contributed by atoms with E-state index in [1.54, 1.807) is 0 Å². The highest BCUT2D eigenvalue weighted by molar-refractivity contribution is 6.02. The molecule has 2 aliphatic rings. The van der Waals surface area contributed by atoms with Crippen LogP contribution >= 0.6 is 0 Å². The minimum Gasteiger partial charge on any atom is -0.381 e. The predicted molar refractivity (Wildman–Crippen MR) is 93.8 cm³/mol. The van der Waals surface area contributed by atoms with Crippen molar-refractivity contribution in [1.82, 2.24) is 4.98 Å². The fourth-order valence-electron chi connectivity index (χ4n) is 4.02. The molecule has 1 saturated heterocycles. The van der Waals surface area contributed by atoms with Gasteiger partial charge in [-0.3, -0.25) is 0 Å². The van der Waals surface area contributed by atoms with E-state index in [0.29, 0.717) is 6.04 Å². The van der Waals surface area contributed by atoms with Gasteiger partial charge in [0.25, 0.3) is 0 Å². The molecule has 3 heteroatoms. The maximum absolute atomic E-state index is 4.86. The highest BCUT2D eigenvalue weighted by Gasteiger charge is 2.20. The van der Waals surface area contributed by atoms with E-state index >= 15 is 0 Å². The summed E-state index contributed by atoms with van der Waals surface area (Å²) >= 11 is 0. The Morgan fingerprint density at radius 1 is 1.09 bits per heavy atom. The van der Waals surface area contributed by atoms with Gasteiger partial charge >= 0.3 is 0 Å². The van der Waals surface area contributed by atoms with Crippen LogP contribution in [0.3, 0.4) is 0 Å². The number of aromatic nitrogens is 1. The van der Waals surface area contributed by atoms with Crippen LogP contribution in [0.25, 0.3) is 10.8 Å². The SMILES string of the molecule is Cc1cccc2c(NC3CCCC3)cnc(N3CCCC3)c12. The number of fused-ring (bicyclic) bond motifs is 1. The molecule has 1 N–H and O–H groups in total. The molecule has 2 fully saturated rings. The number of benzene rings is 1. The Morgan fingerprint density at radius 3 is 2.64 bits per heavy atom. The van der Waals surface area contributed by atoms with Crippen molar-refractivity contribution in [2.45, 2.75) is 51.5 Å². The predicted octanol–water partition coefficient (Wildman–Crippen LogP) is 4.50. The molecular weight excluding hydrogens is 270 g/mol. The van der Waals surface area contributed by atoms with E-state index in [4.69, 9.17) is 4.98 Å². The molecular formula is C19H25N3. The summed E-state index contributed by atoms with van der Waals surface area (Å²) in [5, 5.41) is 6.42. The van der Waals surface area contributed by atoms with Gasteiger partial charge in [-0.2, -0.15) is 0 Å². The first-order chi connectivity index (χ1) is 10.8. The zero-order valence-electron chi connectivity index (χ0n) is 13.4. The standard InChI is InChI=1S/C19H25N3/c1-14-7-6-10-16-17(21-15-8-2-3-9-15)13-20-19(18(14)16)22-11-4-5-12-22/h6-7,10,13,15,21H,2-5,8-9,11-12H2,1H3. The Morgan fingerprint density at radius 2 is 1.86 bits per heavy atom. The minimum atomic E-state index is 0.628. The smallest absolute Gasteiger partial charge is 0.136 e. The molecule has 0 amide bonds. The van der Waals surface area contributed by atoms with Gasteiger partial charge in [0.2, 0.25) is 0 Å². The second-order valence-corrected chi connectivity index (χ2v) is 6.81. The number of rotatable bonds is 3. The van der Waals surface area contributed by atoms with Gasteiger partial charge in [0.05, 0.1) is 11.9 Å². The number of pyridine rings is 1. The third-order valence-electron chi connectivity index (χ3n) is 5.22. The first-order valence-corrected chi connectivity index (χ1v) is 8.73. The summed E-state index contributed by atoms with van der Waals surface area (Å²) < 4.78 is 0. The molecule has 0 radical (unpaired) electrons. The van der Waals surface area contributed by atoms with Crippen molar-refractivity contribution in [3.8, 4) is 0 Å². The number of hydrogen-bond donors (Lipinski definition) is 1. The molecule has 0 unspecified atom stereocenters. The quantitative estimate of drug-likeness (QED) is 0.903. The largest absolute Gasteiger partial charge is 0.381 e. The van der Waals surface area contributed by atoms with Crippen LogP contribution in [0.15, 0.2) is 24.4 Å². The Labute approximate surface area is 132 Å². The van der Waals surface area contributed by atoms with E-state index in [2.05, 4.69) is 41.5 Å². The van der Waals surface area contributed by atoms with Gasteiger partial charge in [-0.1, -0.05) is 31.0 Å². The second kappa shape index (κ2) is 5.79. The minimum absolute atomic E-state index is 0.628. The molecule has 3 nitrogen and oxygen atoms in total. The van der Waals surface area contributed by atoms with Gasteiger partial charge in [0.15, 0.2) is 0 Å². The summed E-state index contributed by atoms with van der Waals surface area (Å²) in [6, 6.07) is 7.26. The van der Waals surface area contributed by atoms with Crippen LogP contribution in [0.2, 0.25) is 0 Å². The second-order valence-electron chi connectivity index (χ2n) is 6.81. The van der Waals surface area contributed by atoms with Crippen LogP contribution in [0.5, 0.6) is 0 Å². The number of anilines is 2. The molecule has 1 aromatic carbocycles. The van der Waals surface area contributed by atoms with Gasteiger partial charge in [-0.05, 0) is 38.2 Å². The average molecular weight is 295 g/mol. The number of nitrogens with one attached hydrogen (secondary N) is 1. The number of aryl methyl sites for hydroxylation is 1. The van der Waals surface area contributed by atoms with Crippen LogP contribution in [0.1, 0.15) is 44.1 Å². The van der Waals surface area contributed by atoms with Crippen LogP contribution in [-0.4, -0.2) is 24.1 Å². The van der Waals surface area contributed by atoms with Gasteiger partial charge in [0.1, 0.15) is 5.82 Å². The fourth-order valence-corrected chi connectivity index (χ4v) is 4.02. The Hall–Kier alpha value is -1.77. The highest BCUT2D eigenvalue weighted by atomic mass is 15.2. The molecule has 2 aromatic rings. The van der Waals surface area contributed by atoms with Crippen molar-refractivity contribution in [2.24, 2.45) is 0 Å². The lowest BCUT2D eigenvalue weighted by atomic mass is 10.0. The first-order valence-electron chi connectivity index (χ1n) is 8.73. The molecule has 1 aliphatic carbocycles. The maximum Gasteiger partial charge on any atom is 0.136 e. The van der Waals surface area contributed by atoms with Gasteiger partial charge < -0.3 is 10.2 Å². The molecule has 116 valence electrons. The lowest BCUT2D eigenvalue weighted by Crippen LogP contribution is -2.20. The lowest BCUT2D eigenvalue weighted by Gasteiger charge is -2.22. The maximum atomic E-state index is 4.86. The summed E-state index contributed by atoms with van der Waals surface area (Å²) in [5.74, 6) is 1.18. The monoisotopic (exact) mass is 295 g/mol. The third-order valence-corrected chi connectivity index (χ3v) is 5.22. The molecule has 0 bridgehead atoms. The summed E-state index contributed by atoms with van der Waals surface area (Å²) in [6.45, 7) is 4.50. The number of hydrogen-bond acceptors (Lipinski definition) is 3. The molecule has 22 heavy (non-hydrogen) atoms. The van der Waals surface area contributed by atoms with Crippen molar-refractivity contribution >= 4 is 22.3 Å². The van der Waals surface area contributed by atoms with E-state index < -0.39 is 0 Å². The van der Waals surface area contributed by atoms with Crippen molar-refractivity contribution < 1.29 is 0 Å². The van der Waals surface area contributed by atoms with Crippen molar-refractivity contribution in [3.05, 3.63) is 30.0 Å². The Kier molecular flexibility index (Phi) is 3.65. The van der Waals surface area contributed by atoms with Crippen LogP contribution in [-0.2, 0) is 0 Å². The number of nitrogens with zero attached hydrogens (tertiary/aromatic N) is 2. The van der Waals surface area contributed by atoms with Gasteiger partial charge in [-0.25, -0.2) is 4.98 Å². The molecule has 2 heterocycles. The van der Waals surface area contributed by atoms with Gasteiger partial charge in [-0.15, -0.1) is 0 Å². The van der Waals surface area contributed by atoms with Crippen molar-refractivity contribution in [2.75, 3.05) is 23.3 Å². The van der Waals surface area contributed by atoms with Crippen LogP contribution < -0.4 is 10.2 Å². The zero-order chi connectivity index (χ0) is 14.9. The van der Waals surface area contributed by atoms with E-state index in [0.717, 1.165) is 13.1 Å². The van der Waals surface area contributed by atoms with Crippen LogP contribution in [0, 0.1) is 6.92 Å². The Balaban J connectivity index is 1.79. The lowest BCUT2D eigenvalue weighted by molar-refractivity contribution is 0.756. The summed E-state index contributed by atoms with van der Waals surface area (Å²) in [4.78, 5) is 7.31. The van der Waals surface area contributed by atoms with E-state index in [1.165, 1.54) is 66.4 Å². The first kappa shape index (κ1) is 13.9. The molecule has 1 aromatic heterocycles. The molecule has 1 aliphatic heterocycles. The molecule has 1 saturated carbocycles. The van der Waals surface area contributed by atoms with E-state index in [1.807, 2.05) is 0 Å². The average Bonchev–Trinajstić information content (AvgIpc) is 3.21. The summed E-state index contributed by atoms with van der Waals surface area (Å²) in [5.41, 5.74) is 2.55. The van der Waals surface area contributed by atoms with E-state index in [-0.39, 0.29) is 0 Å². The summed E-state index contributed by atoms with van der Waals surface area (Å²) in [7, 11) is 0. The van der Waals surface area contributed by atoms with Crippen molar-refractivity contribution in [1.29, 1.82) is 0 Å². The molecule has 4 rings (SSSR count). The topological polar surface area (TPSA) is 28.2 Å². The molecule has 0 atom stereocenters. The zero-order valence-corrected chi connectivity index (χ0v) is 13.4. The normalized spacial score (nSPS) is 19.2. The Bertz CT molecular complexity index is 668.